The van der Waals surface area contributed by atoms with Crippen LogP contribution in [0.4, 0.5) is 0 Å². The maximum absolute atomic E-state index is 10.3. The van der Waals surface area contributed by atoms with Crippen LogP contribution in [0.25, 0.3) is 0 Å². The Morgan fingerprint density at radius 1 is 0.268 bits per heavy atom. The maximum Gasteiger partial charge on any atom is 0.304 e. The lowest BCUT2D eigenvalue weighted by Crippen LogP contribution is -2.05. The molecular formula is C47H94O24. The molecule has 0 spiro atoms. The molecule has 0 saturated carbocycles. The Bertz CT molecular complexity index is 1020. The number of esters is 8. The lowest BCUT2D eigenvalue weighted by molar-refractivity contribution is -0.154. The van der Waals surface area contributed by atoms with Gasteiger partial charge in [0.1, 0.15) is 0 Å². The van der Waals surface area contributed by atoms with Gasteiger partial charge in [0.25, 0.3) is 0 Å². The molecule has 426 valence electrons. The van der Waals surface area contributed by atoms with Crippen molar-refractivity contribution in [3.63, 3.8) is 0 Å². The number of carbonyl (C=O) groups excluding carboxylic acids is 8. The molecule has 24 nitrogen and oxygen atoms in total. The van der Waals surface area contributed by atoms with Crippen LogP contribution in [0.1, 0.15) is 135 Å². The molecule has 0 aromatic carbocycles. The minimum Gasteiger partial charge on any atom is -0.439 e. The fourth-order valence-corrected chi connectivity index (χ4v) is 3.04. The Morgan fingerprint density at radius 2 is 0.408 bits per heavy atom. The lowest BCUT2D eigenvalue weighted by Gasteiger charge is -2.05. The molecule has 0 aliphatic heterocycles. The zero-order valence-corrected chi connectivity index (χ0v) is 46.6. The van der Waals surface area contributed by atoms with Gasteiger partial charge in [-0.05, 0) is 56.3 Å². The van der Waals surface area contributed by atoms with E-state index in [0.29, 0.717) is 37.6 Å². The normalized spacial score (nSPS) is 9.32. The van der Waals surface area contributed by atoms with Crippen molar-refractivity contribution in [1.82, 2.24) is 0 Å². The van der Waals surface area contributed by atoms with Gasteiger partial charge in [0.05, 0.1) is 19.8 Å². The highest BCUT2D eigenvalue weighted by molar-refractivity contribution is 5.67. The first kappa shape index (κ1) is 83.3. The molecule has 0 fully saturated rings. The van der Waals surface area contributed by atoms with Crippen LogP contribution in [-0.2, 0) is 114 Å². The Kier molecular flexibility index (Phi) is 84.5. The topological polar surface area (TPSA) is 284 Å². The summed E-state index contributed by atoms with van der Waals surface area (Å²) >= 11 is 0. The highest BCUT2D eigenvalue weighted by Crippen LogP contribution is 2.04. The summed E-state index contributed by atoms with van der Waals surface area (Å²) in [5, 5.41) is 0. The maximum atomic E-state index is 10.3. The Labute approximate surface area is 424 Å². The quantitative estimate of drug-likeness (QED) is 0.0343. The van der Waals surface area contributed by atoms with Crippen molar-refractivity contribution in [2.75, 3.05) is 110 Å². The summed E-state index contributed by atoms with van der Waals surface area (Å²) in [4.78, 5) is 80.3. The smallest absolute Gasteiger partial charge is 0.304 e. The van der Waals surface area contributed by atoms with Gasteiger partial charge in [-0.2, -0.15) is 0 Å². The number of rotatable bonds is 28. The van der Waals surface area contributed by atoms with E-state index in [1.807, 2.05) is 0 Å². The molecule has 0 radical (unpaired) electrons. The van der Waals surface area contributed by atoms with E-state index in [1.165, 1.54) is 90.9 Å². The SMILES string of the molecule is CC(=O)OCOCCCC(C)C.CC(=O)OCOCCCC(C)C.CC(=O)OCOCCCC(C)C.COCOC(C)=O.COCOC(C)=O.COCOC(C)=O.COCOC(C)=O.COCOC(C)=O. The summed E-state index contributed by atoms with van der Waals surface area (Å²) in [6, 6.07) is 0. The molecular weight excluding hydrogens is 948 g/mol. The molecule has 0 aliphatic carbocycles. The molecule has 0 atom stereocenters. The number of hydrogen-bond donors (Lipinski definition) is 0. The van der Waals surface area contributed by atoms with Crippen molar-refractivity contribution in [3.05, 3.63) is 0 Å². The summed E-state index contributed by atoms with van der Waals surface area (Å²) in [5.41, 5.74) is 0. The lowest BCUT2D eigenvalue weighted by atomic mass is 10.1. The minimum absolute atomic E-state index is 0.0509. The average molecular weight is 1040 g/mol. The molecule has 24 heteroatoms. The number of hydrogen-bond acceptors (Lipinski definition) is 24. The summed E-state index contributed by atoms with van der Waals surface area (Å²) < 4.78 is 72.6. The van der Waals surface area contributed by atoms with E-state index in [2.05, 4.69) is 103 Å². The van der Waals surface area contributed by atoms with E-state index in [1.54, 1.807) is 0 Å². The first-order valence-corrected chi connectivity index (χ1v) is 22.5. The van der Waals surface area contributed by atoms with E-state index >= 15 is 0 Å². The molecule has 0 aliphatic rings. The fourth-order valence-electron chi connectivity index (χ4n) is 3.04. The molecule has 0 amide bonds. The number of ether oxygens (including phenoxy) is 16. The fraction of sp³-hybridized carbons (Fsp3) is 0.830. The van der Waals surface area contributed by atoms with Crippen LogP contribution in [0.5, 0.6) is 0 Å². The highest BCUT2D eigenvalue weighted by atomic mass is 16.7. The van der Waals surface area contributed by atoms with Crippen molar-refractivity contribution in [2.45, 2.75) is 135 Å². The molecule has 0 saturated heterocycles. The van der Waals surface area contributed by atoms with Crippen molar-refractivity contribution in [3.8, 4) is 0 Å². The van der Waals surface area contributed by atoms with Gasteiger partial charge in [-0.25, -0.2) is 0 Å². The molecule has 0 heterocycles. The highest BCUT2D eigenvalue weighted by Gasteiger charge is 1.98. The van der Waals surface area contributed by atoms with Gasteiger partial charge in [-0.1, -0.05) is 41.5 Å². The van der Waals surface area contributed by atoms with E-state index in [-0.39, 0.29) is 102 Å². The zero-order chi connectivity index (χ0) is 56.7. The van der Waals surface area contributed by atoms with Gasteiger partial charge >= 0.3 is 47.8 Å². The van der Waals surface area contributed by atoms with Gasteiger partial charge in [-0.15, -0.1) is 0 Å². The molecule has 71 heavy (non-hydrogen) atoms. The van der Waals surface area contributed by atoms with Crippen LogP contribution in [0, 0.1) is 17.8 Å². The van der Waals surface area contributed by atoms with Crippen LogP contribution < -0.4 is 0 Å². The summed E-state index contributed by atoms with van der Waals surface area (Å²) in [7, 11) is 7.31. The minimum atomic E-state index is -0.318. The van der Waals surface area contributed by atoms with E-state index in [9.17, 15) is 38.4 Å². The van der Waals surface area contributed by atoms with Gasteiger partial charge in [0, 0.05) is 90.9 Å². The molecule has 0 aromatic heterocycles. The first-order chi connectivity index (χ1) is 33.2. The largest absolute Gasteiger partial charge is 0.439 e. The molecule has 0 bridgehead atoms. The van der Waals surface area contributed by atoms with Crippen LogP contribution in [0.2, 0.25) is 0 Å². The van der Waals surface area contributed by atoms with Crippen molar-refractivity contribution < 1.29 is 114 Å². The zero-order valence-electron chi connectivity index (χ0n) is 46.6. The molecule has 0 aromatic rings. The van der Waals surface area contributed by atoms with Crippen molar-refractivity contribution in [2.24, 2.45) is 17.8 Å². The Hall–Kier alpha value is -4.56. The van der Waals surface area contributed by atoms with Crippen LogP contribution in [0.3, 0.4) is 0 Å². The van der Waals surface area contributed by atoms with Crippen LogP contribution >= 0.6 is 0 Å². The van der Waals surface area contributed by atoms with Crippen LogP contribution in [-0.4, -0.2) is 157 Å². The third-order valence-electron chi connectivity index (χ3n) is 6.15. The first-order valence-electron chi connectivity index (χ1n) is 22.5. The predicted octanol–water partition coefficient (Wildman–Crippen LogP) is 6.65. The van der Waals surface area contributed by atoms with E-state index in [0.717, 1.165) is 38.5 Å². The predicted molar refractivity (Wildman–Crippen MR) is 258 cm³/mol. The van der Waals surface area contributed by atoms with Crippen molar-refractivity contribution in [1.29, 1.82) is 0 Å². The average Bonchev–Trinajstić information content (AvgIpc) is 3.27. The summed E-state index contributed by atoms with van der Waals surface area (Å²) in [5.74, 6) is -0.335. The standard InChI is InChI=1S/3C9H18O3.5C4H8O3/c3*1-8(2)5-4-6-11-7-12-9(3)10;5*1-4(5)7-3-6-2/h3*8H,4-7H2,1-3H3;5*3H2,1-2H3. The number of carbonyl (C=O) groups is 8. The molecule has 0 rings (SSSR count). The third kappa shape index (κ3) is 146. The van der Waals surface area contributed by atoms with Gasteiger partial charge < -0.3 is 75.8 Å². The molecule has 0 unspecified atom stereocenters. The second-order valence-corrected chi connectivity index (χ2v) is 14.8. The second-order valence-electron chi connectivity index (χ2n) is 14.8. The van der Waals surface area contributed by atoms with E-state index in [4.69, 9.17) is 14.2 Å². The summed E-state index contributed by atoms with van der Waals surface area (Å²) in [6.07, 6.45) is 6.54. The van der Waals surface area contributed by atoms with Gasteiger partial charge in [-0.3, -0.25) is 38.4 Å². The second kappa shape index (κ2) is 72.0. The van der Waals surface area contributed by atoms with Gasteiger partial charge in [0.15, 0.2) is 54.3 Å². The number of methoxy groups -OCH3 is 5. The Morgan fingerprint density at radius 3 is 0.507 bits per heavy atom. The summed E-state index contributed by atoms with van der Waals surface area (Å²) in [6.45, 7) is 26.4. The Balaban J connectivity index is -0.000000108. The van der Waals surface area contributed by atoms with Crippen molar-refractivity contribution >= 4 is 47.8 Å². The van der Waals surface area contributed by atoms with E-state index < -0.39 is 0 Å². The third-order valence-corrected chi connectivity index (χ3v) is 6.15. The van der Waals surface area contributed by atoms with Gasteiger partial charge in [0.2, 0.25) is 0 Å². The monoisotopic (exact) mass is 1040 g/mol. The molecule has 0 N–H and O–H groups in total. The van der Waals surface area contributed by atoms with Crippen LogP contribution in [0.15, 0.2) is 0 Å².